The second kappa shape index (κ2) is 7.99. The van der Waals surface area contributed by atoms with Gasteiger partial charge in [-0.3, -0.25) is 4.79 Å². The molecule has 3 N–H and O–H groups in total. The van der Waals surface area contributed by atoms with Gasteiger partial charge in [-0.25, -0.2) is 13.6 Å². The van der Waals surface area contributed by atoms with Crippen molar-refractivity contribution in [1.29, 1.82) is 0 Å². The van der Waals surface area contributed by atoms with E-state index in [1.165, 1.54) is 12.1 Å². The van der Waals surface area contributed by atoms with Crippen LogP contribution in [0.4, 0.5) is 0 Å². The first kappa shape index (κ1) is 19.4. The second-order valence-electron chi connectivity index (χ2n) is 5.68. The monoisotopic (exact) mass is 426 g/mol. The molecule has 0 aliphatic heterocycles. The first-order valence-electron chi connectivity index (χ1n) is 7.53. The first-order valence-corrected chi connectivity index (χ1v) is 9.87. The van der Waals surface area contributed by atoms with Crippen molar-refractivity contribution in [2.45, 2.75) is 31.4 Å². The molecular formula is C17H19BrN2O4S. The largest absolute Gasteiger partial charge is 0.490 e. The molecule has 1 amide bonds. The average molecular weight is 427 g/mol. The Labute approximate surface area is 155 Å². The number of nitrogens with two attached hydrogens (primary N) is 1. The molecule has 2 aromatic carbocycles. The Balaban J connectivity index is 2.11. The zero-order valence-corrected chi connectivity index (χ0v) is 16.2. The number of sulfonamides is 1. The van der Waals surface area contributed by atoms with Gasteiger partial charge in [0.15, 0.2) is 0 Å². The van der Waals surface area contributed by atoms with Gasteiger partial charge in [0, 0.05) is 11.0 Å². The van der Waals surface area contributed by atoms with E-state index in [-0.39, 0.29) is 23.5 Å². The van der Waals surface area contributed by atoms with E-state index in [1.54, 1.807) is 30.3 Å². The van der Waals surface area contributed by atoms with Gasteiger partial charge in [0.05, 0.1) is 16.6 Å². The van der Waals surface area contributed by atoms with Gasteiger partial charge < -0.3 is 10.1 Å². The maximum atomic E-state index is 12.5. The maximum absolute atomic E-state index is 12.5. The molecule has 0 heterocycles. The van der Waals surface area contributed by atoms with Crippen LogP contribution in [0.3, 0.4) is 0 Å². The standard InChI is InChI=1S/C17H19BrN2O4S/c1-11(2)24-16-8-5-13(18)9-15(16)17(21)20-10-12-3-6-14(7-4-12)25(19,22)23/h3-9,11H,10H2,1-2H3,(H,20,21)(H2,19,22,23). The fraction of sp³-hybridized carbons (Fsp3) is 0.235. The average Bonchev–Trinajstić information content (AvgIpc) is 2.53. The zero-order chi connectivity index (χ0) is 18.6. The Bertz CT molecular complexity index is 865. The maximum Gasteiger partial charge on any atom is 0.255 e. The van der Waals surface area contributed by atoms with Crippen molar-refractivity contribution in [3.05, 3.63) is 58.1 Å². The van der Waals surface area contributed by atoms with E-state index < -0.39 is 10.0 Å². The lowest BCUT2D eigenvalue weighted by Gasteiger charge is -2.14. The van der Waals surface area contributed by atoms with Gasteiger partial charge in [0.25, 0.3) is 5.91 Å². The summed E-state index contributed by atoms with van der Waals surface area (Å²) in [6.45, 7) is 4.02. The van der Waals surface area contributed by atoms with Crippen LogP contribution in [0.2, 0.25) is 0 Å². The van der Waals surface area contributed by atoms with Crippen LogP contribution < -0.4 is 15.2 Å². The SMILES string of the molecule is CC(C)Oc1ccc(Br)cc1C(=O)NCc1ccc(S(N)(=O)=O)cc1. The van der Waals surface area contributed by atoms with Crippen LogP contribution in [0.25, 0.3) is 0 Å². The van der Waals surface area contributed by atoms with Gasteiger partial charge in [-0.2, -0.15) is 0 Å². The van der Waals surface area contributed by atoms with Crippen LogP contribution in [0.1, 0.15) is 29.8 Å². The van der Waals surface area contributed by atoms with Gasteiger partial charge in [0.2, 0.25) is 10.0 Å². The molecule has 0 aliphatic rings. The quantitative estimate of drug-likeness (QED) is 0.741. The van der Waals surface area contributed by atoms with Crippen molar-refractivity contribution in [1.82, 2.24) is 5.32 Å². The summed E-state index contributed by atoms with van der Waals surface area (Å²) in [6.07, 6.45) is -0.0570. The summed E-state index contributed by atoms with van der Waals surface area (Å²) < 4.78 is 28.9. The molecular weight excluding hydrogens is 408 g/mol. The number of carbonyl (C=O) groups is 1. The number of benzene rings is 2. The van der Waals surface area contributed by atoms with Gasteiger partial charge >= 0.3 is 0 Å². The fourth-order valence-corrected chi connectivity index (χ4v) is 2.99. The van der Waals surface area contributed by atoms with Crippen LogP contribution in [-0.2, 0) is 16.6 Å². The zero-order valence-electron chi connectivity index (χ0n) is 13.8. The third-order valence-corrected chi connectivity index (χ3v) is 4.68. The van der Waals surface area contributed by atoms with Gasteiger partial charge in [-0.1, -0.05) is 28.1 Å². The van der Waals surface area contributed by atoms with Crippen molar-refractivity contribution in [2.75, 3.05) is 0 Å². The minimum atomic E-state index is -3.72. The number of primary sulfonamides is 1. The van der Waals surface area contributed by atoms with E-state index in [0.717, 1.165) is 10.0 Å². The molecule has 0 saturated carbocycles. The summed E-state index contributed by atoms with van der Waals surface area (Å²) in [5.41, 5.74) is 1.17. The molecule has 0 atom stereocenters. The lowest BCUT2D eigenvalue weighted by Crippen LogP contribution is -2.24. The summed E-state index contributed by atoms with van der Waals surface area (Å²) in [4.78, 5) is 12.5. The highest BCUT2D eigenvalue weighted by molar-refractivity contribution is 9.10. The molecule has 8 heteroatoms. The van der Waals surface area contributed by atoms with E-state index in [1.807, 2.05) is 13.8 Å². The molecule has 0 aromatic heterocycles. The van der Waals surface area contributed by atoms with Crippen molar-refractivity contribution in [3.8, 4) is 5.75 Å². The van der Waals surface area contributed by atoms with Crippen LogP contribution in [0.15, 0.2) is 51.8 Å². The van der Waals surface area contributed by atoms with E-state index >= 15 is 0 Å². The van der Waals surface area contributed by atoms with E-state index in [0.29, 0.717) is 11.3 Å². The summed E-state index contributed by atoms with van der Waals surface area (Å²) in [5.74, 6) is 0.216. The van der Waals surface area contributed by atoms with Crippen molar-refractivity contribution in [2.24, 2.45) is 5.14 Å². The molecule has 0 bridgehead atoms. The number of carbonyl (C=O) groups excluding carboxylic acids is 1. The molecule has 0 spiro atoms. The first-order chi connectivity index (χ1) is 11.7. The Morgan fingerprint density at radius 2 is 1.84 bits per heavy atom. The Hall–Kier alpha value is -1.90. The normalized spacial score (nSPS) is 11.4. The molecule has 6 nitrogen and oxygen atoms in total. The molecule has 0 unspecified atom stereocenters. The van der Waals surface area contributed by atoms with Crippen LogP contribution in [-0.4, -0.2) is 20.4 Å². The lowest BCUT2D eigenvalue weighted by molar-refractivity contribution is 0.0945. The minimum Gasteiger partial charge on any atom is -0.490 e. The number of rotatable bonds is 6. The Kier molecular flexibility index (Phi) is 6.21. The highest BCUT2D eigenvalue weighted by Crippen LogP contribution is 2.24. The Morgan fingerprint density at radius 1 is 1.20 bits per heavy atom. The molecule has 0 radical (unpaired) electrons. The molecule has 134 valence electrons. The molecule has 2 rings (SSSR count). The van der Waals surface area contributed by atoms with Crippen LogP contribution >= 0.6 is 15.9 Å². The van der Waals surface area contributed by atoms with Crippen molar-refractivity contribution in [3.63, 3.8) is 0 Å². The number of amides is 1. The highest BCUT2D eigenvalue weighted by Gasteiger charge is 2.14. The summed E-state index contributed by atoms with van der Waals surface area (Å²) in [6, 6.07) is 11.3. The van der Waals surface area contributed by atoms with Crippen molar-refractivity contribution < 1.29 is 17.9 Å². The van der Waals surface area contributed by atoms with Crippen LogP contribution in [0, 0.1) is 0 Å². The van der Waals surface area contributed by atoms with Crippen molar-refractivity contribution >= 4 is 31.9 Å². The lowest BCUT2D eigenvalue weighted by atomic mass is 10.1. The second-order valence-corrected chi connectivity index (χ2v) is 8.16. The number of halogens is 1. The molecule has 0 aliphatic carbocycles. The minimum absolute atomic E-state index is 0.0298. The van der Waals surface area contributed by atoms with Gasteiger partial charge in [0.1, 0.15) is 5.75 Å². The van der Waals surface area contributed by atoms with E-state index in [9.17, 15) is 13.2 Å². The number of nitrogens with one attached hydrogen (secondary N) is 1. The number of hydrogen-bond acceptors (Lipinski definition) is 4. The molecule has 0 fully saturated rings. The Morgan fingerprint density at radius 3 is 2.40 bits per heavy atom. The van der Waals surface area contributed by atoms with E-state index in [2.05, 4.69) is 21.2 Å². The predicted octanol–water partition coefficient (Wildman–Crippen LogP) is 2.81. The topological polar surface area (TPSA) is 98.5 Å². The van der Waals surface area contributed by atoms with Gasteiger partial charge in [-0.15, -0.1) is 0 Å². The number of ether oxygens (including phenoxy) is 1. The summed E-state index contributed by atoms with van der Waals surface area (Å²) >= 11 is 3.35. The fourth-order valence-electron chi connectivity index (χ4n) is 2.11. The smallest absolute Gasteiger partial charge is 0.255 e. The molecule has 25 heavy (non-hydrogen) atoms. The van der Waals surface area contributed by atoms with E-state index in [4.69, 9.17) is 9.88 Å². The number of hydrogen-bond donors (Lipinski definition) is 2. The van der Waals surface area contributed by atoms with Gasteiger partial charge in [-0.05, 0) is 49.7 Å². The summed E-state index contributed by atoms with van der Waals surface area (Å²) in [5, 5.41) is 7.85. The molecule has 2 aromatic rings. The van der Waals surface area contributed by atoms with Crippen LogP contribution in [0.5, 0.6) is 5.75 Å². The third-order valence-electron chi connectivity index (χ3n) is 3.25. The predicted molar refractivity (Wildman–Crippen MR) is 98.9 cm³/mol. The highest BCUT2D eigenvalue weighted by atomic mass is 79.9. The third kappa shape index (κ3) is 5.55. The summed E-state index contributed by atoms with van der Waals surface area (Å²) in [7, 11) is -3.72. The molecule has 0 saturated heterocycles.